The van der Waals surface area contributed by atoms with E-state index in [-0.39, 0.29) is 39.9 Å². The summed E-state index contributed by atoms with van der Waals surface area (Å²) < 4.78 is -0.139. The summed E-state index contributed by atoms with van der Waals surface area (Å²) >= 11 is 12.7. The van der Waals surface area contributed by atoms with Crippen molar-refractivity contribution in [2.45, 2.75) is 9.47 Å². The minimum Gasteiger partial charge on any atom is -0.316 e. The molecule has 0 fully saturated rings. The van der Waals surface area contributed by atoms with Gasteiger partial charge in [-0.05, 0) is 56.7 Å². The molecular formula is C25H31Cl2NP2RuS+2. The molecule has 1 nitrogen and oxygen atoms in total. The molecule has 0 unspecified atom stereocenters. The van der Waals surface area contributed by atoms with Gasteiger partial charge in [0.1, 0.15) is 4.58 Å². The number of hydrogen-bond donors (Lipinski definition) is 1. The van der Waals surface area contributed by atoms with Crippen LogP contribution >= 0.6 is 50.8 Å². The predicted molar refractivity (Wildman–Crippen MR) is 148 cm³/mol. The molecule has 1 N–H and O–H groups in total. The van der Waals surface area contributed by atoms with Gasteiger partial charge in [-0.3, -0.25) is 0 Å². The number of alkyl halides is 2. The van der Waals surface area contributed by atoms with Gasteiger partial charge >= 0.3 is 19.5 Å². The zero-order valence-corrected chi connectivity index (χ0v) is 24.3. The summed E-state index contributed by atoms with van der Waals surface area (Å²) in [4.78, 5) is 1.35. The predicted octanol–water partition coefficient (Wildman–Crippen LogP) is 6.99. The minimum absolute atomic E-state index is 0. The first kappa shape index (κ1) is 30.1. The molecule has 0 saturated heterocycles. The molecule has 0 heterocycles. The van der Waals surface area contributed by atoms with Crippen molar-refractivity contribution >= 4 is 61.4 Å². The Morgan fingerprint density at radius 2 is 1.19 bits per heavy atom. The Morgan fingerprint density at radius 1 is 0.750 bits per heavy atom. The fourth-order valence-electron chi connectivity index (χ4n) is 2.70. The van der Waals surface area contributed by atoms with Gasteiger partial charge in [0.25, 0.3) is 0 Å². The van der Waals surface area contributed by atoms with Crippen LogP contribution < -0.4 is 15.9 Å². The molecule has 0 atom stereocenters. The van der Waals surface area contributed by atoms with Crippen LogP contribution in [-0.2, 0) is 19.5 Å². The number of benzene rings is 3. The maximum atomic E-state index is 5.41. The maximum Gasteiger partial charge on any atom is 2.00 e. The van der Waals surface area contributed by atoms with Gasteiger partial charge in [-0.25, -0.2) is 0 Å². The second-order valence-corrected chi connectivity index (χ2v) is 14.6. The third kappa shape index (κ3) is 12.5. The van der Waals surface area contributed by atoms with Gasteiger partial charge in [-0.15, -0.1) is 35.0 Å². The normalized spacial score (nSPS) is 10.6. The zero-order chi connectivity index (χ0) is 22.3. The quantitative estimate of drug-likeness (QED) is 0.0873. The maximum absolute atomic E-state index is 5.41. The fourth-order valence-corrected chi connectivity index (χ4v) is 5.79. The Bertz CT molecular complexity index is 782. The van der Waals surface area contributed by atoms with E-state index in [0.717, 1.165) is 18.8 Å². The van der Waals surface area contributed by atoms with Gasteiger partial charge < -0.3 is 5.32 Å². The van der Waals surface area contributed by atoms with Crippen molar-refractivity contribution in [1.82, 2.24) is 5.32 Å². The van der Waals surface area contributed by atoms with E-state index >= 15 is 0 Å². The van der Waals surface area contributed by atoms with E-state index in [1.165, 1.54) is 21.7 Å². The van der Waals surface area contributed by atoms with Crippen LogP contribution in [0.2, 0.25) is 0 Å². The number of hydrogen-bond acceptors (Lipinski definition) is 2. The Morgan fingerprint density at radius 3 is 1.62 bits per heavy atom. The Hall–Kier alpha value is 0.0334. The third-order valence-electron chi connectivity index (χ3n) is 4.33. The number of halogens is 2. The van der Waals surface area contributed by atoms with Crippen LogP contribution in [0.1, 0.15) is 0 Å². The molecule has 0 aliphatic carbocycles. The van der Waals surface area contributed by atoms with Crippen molar-refractivity contribution in [1.29, 1.82) is 0 Å². The number of thioether (sulfide) groups is 1. The summed E-state index contributed by atoms with van der Waals surface area (Å²) in [6.45, 7) is 6.19. The van der Waals surface area contributed by atoms with Crippen molar-refractivity contribution in [3.05, 3.63) is 91.0 Å². The first-order valence-corrected chi connectivity index (χ1v) is 16.0. The SMILES string of the molecule is CP(C)C(Cl)Cl.[Ru+2].c1ccc(SCCNCCP(c2ccccc2)c2ccccc2)cc1. The van der Waals surface area contributed by atoms with Crippen molar-refractivity contribution in [3.63, 3.8) is 0 Å². The van der Waals surface area contributed by atoms with Gasteiger partial charge in [0.15, 0.2) is 0 Å². The van der Waals surface area contributed by atoms with Crippen molar-refractivity contribution < 1.29 is 19.5 Å². The van der Waals surface area contributed by atoms with E-state index < -0.39 is 0 Å². The number of nitrogens with one attached hydrogen (secondary N) is 1. The Kier molecular flexibility index (Phi) is 17.3. The van der Waals surface area contributed by atoms with Crippen LogP contribution in [0.4, 0.5) is 0 Å². The van der Waals surface area contributed by atoms with Gasteiger partial charge in [-0.1, -0.05) is 86.8 Å². The van der Waals surface area contributed by atoms with E-state index in [0.29, 0.717) is 0 Å². The average molecular weight is 612 g/mol. The molecule has 32 heavy (non-hydrogen) atoms. The summed E-state index contributed by atoms with van der Waals surface area (Å²) in [5.41, 5.74) is 0. The van der Waals surface area contributed by atoms with Gasteiger partial charge in [0, 0.05) is 17.2 Å². The Balaban J connectivity index is 0.000000648. The molecule has 3 aromatic carbocycles. The van der Waals surface area contributed by atoms with Crippen LogP contribution in [0, 0.1) is 0 Å². The zero-order valence-electron chi connectivity index (χ0n) is 18.5. The van der Waals surface area contributed by atoms with Crippen LogP contribution in [0.25, 0.3) is 0 Å². The molecular weight excluding hydrogens is 580 g/mol. The first-order chi connectivity index (χ1) is 15.1. The largest absolute Gasteiger partial charge is 2.00 e. The van der Waals surface area contributed by atoms with Crippen LogP contribution in [0.3, 0.4) is 0 Å². The molecule has 0 aromatic heterocycles. The van der Waals surface area contributed by atoms with Crippen molar-refractivity contribution in [2.75, 3.05) is 38.3 Å². The van der Waals surface area contributed by atoms with Crippen molar-refractivity contribution in [3.8, 4) is 0 Å². The van der Waals surface area contributed by atoms with E-state index in [1.54, 1.807) is 0 Å². The monoisotopic (exact) mass is 611 g/mol. The third-order valence-corrected chi connectivity index (χ3v) is 11.0. The summed E-state index contributed by atoms with van der Waals surface area (Å²) in [5.74, 6) is 1.11. The second-order valence-electron chi connectivity index (χ2n) is 6.98. The van der Waals surface area contributed by atoms with Crippen LogP contribution in [0.15, 0.2) is 95.9 Å². The summed E-state index contributed by atoms with van der Waals surface area (Å²) in [6.07, 6.45) is 1.18. The van der Waals surface area contributed by atoms with Gasteiger partial charge in [-0.2, -0.15) is 0 Å². The molecule has 172 valence electrons. The van der Waals surface area contributed by atoms with Gasteiger partial charge in [0.2, 0.25) is 0 Å². The molecule has 0 aliphatic heterocycles. The van der Waals surface area contributed by atoms with E-state index in [2.05, 4.69) is 96.3 Å². The molecule has 0 spiro atoms. The molecule has 0 amide bonds. The van der Waals surface area contributed by atoms with E-state index in [4.69, 9.17) is 23.2 Å². The molecule has 0 aliphatic rings. The molecule has 3 aromatic rings. The summed E-state index contributed by atoms with van der Waals surface area (Å²) in [7, 11) is -0.413. The average Bonchev–Trinajstić information content (AvgIpc) is 2.81. The van der Waals surface area contributed by atoms with Crippen LogP contribution in [0.5, 0.6) is 0 Å². The standard InChI is InChI=1S/C22H24NPS.C3H7Cl2P.Ru/c1-4-10-20(11-5-1)24(21-12-6-2-7-13-21)18-16-23-17-19-25-22-14-8-3-9-15-22;1-6(2)3(4)5;/h1-15,23H,16-19H2;3H,1-2H3;/q;;+2. The molecule has 0 bridgehead atoms. The van der Waals surface area contributed by atoms with Crippen molar-refractivity contribution in [2.24, 2.45) is 0 Å². The molecule has 3 rings (SSSR count). The molecule has 0 saturated carbocycles. The van der Waals surface area contributed by atoms with Gasteiger partial charge in [0.05, 0.1) is 0 Å². The molecule has 0 radical (unpaired) electrons. The minimum atomic E-state index is -0.285. The molecule has 7 heteroatoms. The Labute approximate surface area is 223 Å². The smallest absolute Gasteiger partial charge is 0.316 e. The van der Waals surface area contributed by atoms with E-state index in [1.807, 2.05) is 25.1 Å². The topological polar surface area (TPSA) is 12.0 Å². The summed E-state index contributed by atoms with van der Waals surface area (Å²) in [6, 6.07) is 32.5. The summed E-state index contributed by atoms with van der Waals surface area (Å²) in [5, 5.41) is 6.55. The first-order valence-electron chi connectivity index (χ1n) is 10.3. The number of rotatable bonds is 10. The second kappa shape index (κ2) is 18.4. The fraction of sp³-hybridized carbons (Fsp3) is 0.280. The van der Waals surface area contributed by atoms with Crippen LogP contribution in [-0.4, -0.2) is 42.9 Å². The van der Waals surface area contributed by atoms with E-state index in [9.17, 15) is 0 Å².